The molecule has 2 aromatic carbocycles. The number of ether oxygens (including phenoxy) is 2. The number of carbonyl (C=O) groups excluding carboxylic acids is 1. The Morgan fingerprint density at radius 3 is 2.09 bits per heavy atom. The van der Waals surface area contributed by atoms with Gasteiger partial charge in [-0.05, 0) is 64.8 Å². The Hall–Kier alpha value is -5.32. The van der Waals surface area contributed by atoms with Crippen molar-refractivity contribution in [2.24, 2.45) is 0 Å². The largest absolute Gasteiger partial charge is 0.508 e. The maximum absolute atomic E-state index is 13.4. The molecule has 1 unspecified atom stereocenters. The van der Waals surface area contributed by atoms with Gasteiger partial charge >= 0.3 is 23.9 Å². The van der Waals surface area contributed by atoms with Gasteiger partial charge < -0.3 is 39.9 Å². The Morgan fingerprint density at radius 2 is 1.45 bits per heavy atom. The van der Waals surface area contributed by atoms with Gasteiger partial charge in [0.25, 0.3) is 0 Å². The molecule has 0 saturated carbocycles. The lowest BCUT2D eigenvalue weighted by molar-refractivity contribution is -0.142. The number of nitrogens with zero attached hydrogens (tertiary/aromatic N) is 2. The lowest BCUT2D eigenvalue weighted by Crippen LogP contribution is -2.37. The second kappa shape index (κ2) is 15.3. The van der Waals surface area contributed by atoms with Gasteiger partial charge in [0.2, 0.25) is 0 Å². The number of ketones is 1. The number of carbonyl (C=O) groups is 5. The second-order valence-corrected chi connectivity index (χ2v) is 11.7. The van der Waals surface area contributed by atoms with Gasteiger partial charge in [-0.25, -0.2) is 4.21 Å². The predicted octanol–water partition coefficient (Wildman–Crippen LogP) is 1.18. The van der Waals surface area contributed by atoms with Crippen molar-refractivity contribution >= 4 is 51.7 Å². The molecule has 1 aliphatic carbocycles. The highest BCUT2D eigenvalue weighted by Crippen LogP contribution is 2.45. The maximum Gasteiger partial charge on any atom is 0.323 e. The van der Waals surface area contributed by atoms with Crippen molar-refractivity contribution in [2.75, 3.05) is 57.4 Å². The number of carboxylic acid groups (broad SMARTS) is 4. The number of hydrogen-bond donors (Lipinski definition) is 5. The molecule has 2 aromatic rings. The molecular formula is C31H30N2O13S. The molecule has 0 bridgehead atoms. The van der Waals surface area contributed by atoms with Crippen LogP contribution in [-0.2, 0) is 39.5 Å². The van der Waals surface area contributed by atoms with Gasteiger partial charge in [0.05, 0.1) is 52.6 Å². The van der Waals surface area contributed by atoms with E-state index in [1.54, 1.807) is 18.2 Å². The van der Waals surface area contributed by atoms with E-state index in [-0.39, 0.29) is 59.1 Å². The van der Waals surface area contributed by atoms with Gasteiger partial charge in [-0.1, -0.05) is 6.07 Å². The zero-order valence-corrected chi connectivity index (χ0v) is 25.5. The van der Waals surface area contributed by atoms with Crippen LogP contribution in [0, 0.1) is 0 Å². The highest BCUT2D eigenvalue weighted by Gasteiger charge is 2.31. The van der Waals surface area contributed by atoms with Crippen molar-refractivity contribution in [1.29, 1.82) is 0 Å². The van der Waals surface area contributed by atoms with Crippen molar-refractivity contribution in [1.82, 2.24) is 4.90 Å². The molecular weight excluding hydrogens is 640 g/mol. The minimum Gasteiger partial charge on any atom is -0.508 e. The average molecular weight is 671 g/mol. The molecule has 15 nitrogen and oxygen atoms in total. The molecule has 0 amide bonds. The summed E-state index contributed by atoms with van der Waals surface area (Å²) in [4.78, 5) is 60.2. The summed E-state index contributed by atoms with van der Waals surface area (Å²) in [6.45, 7) is -2.55. The summed E-state index contributed by atoms with van der Waals surface area (Å²) in [5, 5.41) is 47.0. The third kappa shape index (κ3) is 8.90. The van der Waals surface area contributed by atoms with Gasteiger partial charge in [0.15, 0.2) is 5.78 Å². The lowest BCUT2D eigenvalue weighted by atomic mass is 9.89. The summed E-state index contributed by atoms with van der Waals surface area (Å²) < 4.78 is 24.9. The number of phenols is 1. The first kappa shape index (κ1) is 34.6. The minimum atomic E-state index is -1.79. The molecule has 1 heterocycles. The quantitative estimate of drug-likeness (QED) is 0.149. The van der Waals surface area contributed by atoms with Gasteiger partial charge in [-0.2, -0.15) is 0 Å². The van der Waals surface area contributed by atoms with E-state index in [1.165, 1.54) is 41.3 Å². The van der Waals surface area contributed by atoms with Crippen LogP contribution in [0.4, 0.5) is 5.69 Å². The van der Waals surface area contributed by atoms with E-state index in [2.05, 4.69) is 0 Å². The molecule has 248 valence electrons. The van der Waals surface area contributed by atoms with E-state index >= 15 is 0 Å². The van der Waals surface area contributed by atoms with E-state index in [1.807, 2.05) is 0 Å². The number of aromatic hydroxyl groups is 1. The van der Waals surface area contributed by atoms with Crippen LogP contribution in [0.25, 0.3) is 5.57 Å². The number of fused-ring (bicyclic) bond motifs is 2. The summed E-state index contributed by atoms with van der Waals surface area (Å²) in [5.74, 6) is -5.42. The lowest BCUT2D eigenvalue weighted by Gasteiger charge is -2.27. The van der Waals surface area contributed by atoms with E-state index in [0.717, 1.165) is 4.90 Å². The fourth-order valence-electron chi connectivity index (χ4n) is 5.01. The Bertz CT molecular complexity index is 1700. The number of benzene rings is 2. The molecule has 0 fully saturated rings. The normalized spacial score (nSPS) is 15.1. The van der Waals surface area contributed by atoms with E-state index in [4.69, 9.17) is 19.7 Å². The number of rotatable bonds is 17. The molecule has 0 radical (unpaired) electrons. The zero-order chi connectivity index (χ0) is 34.2. The molecule has 2 aliphatic rings. The predicted molar refractivity (Wildman–Crippen MR) is 165 cm³/mol. The fraction of sp³-hybridized carbons (Fsp3) is 0.258. The van der Waals surface area contributed by atoms with E-state index in [9.17, 15) is 43.5 Å². The molecule has 1 aliphatic heterocycles. The van der Waals surface area contributed by atoms with Crippen LogP contribution < -0.4 is 9.64 Å². The number of allylic oxidation sites excluding steroid dienone is 4. The number of carboxylic acids is 4. The Labute approximate surface area is 269 Å². The van der Waals surface area contributed by atoms with Crippen LogP contribution in [0.3, 0.4) is 0 Å². The molecule has 1 atom stereocenters. The number of aliphatic carboxylic acids is 4. The zero-order valence-electron chi connectivity index (χ0n) is 24.7. The SMILES string of the molecule is O=C1C=CC2=C(c3ccc(N(CC(=O)O)CC(=O)O)c(OCCOCCN(CC(=O)O)CC(=O)O)c3)c3ccc(O)cc3S(=O)C2=C1. The molecule has 0 aromatic heterocycles. The standard InChI is InChI=1S/C31H30N2O13S/c34-19-2-4-21-25(12-19)47(44)26-13-20(35)3-5-22(26)31(21)18-1-6-23(33(16-29(40)41)17-30(42)43)24(11-18)46-10-9-45-8-7-32(14-27(36)37)15-28(38)39/h1-6,11-13,34H,7-10,14-17H2,(H,36,37)(H,38,39)(H,40,41)(H,42,43). The fourth-order valence-corrected chi connectivity index (χ4v) is 6.44. The van der Waals surface area contributed by atoms with Crippen molar-refractivity contribution in [3.8, 4) is 11.5 Å². The first-order valence-electron chi connectivity index (χ1n) is 14.0. The van der Waals surface area contributed by atoms with Crippen LogP contribution in [0.2, 0.25) is 0 Å². The van der Waals surface area contributed by atoms with Crippen LogP contribution >= 0.6 is 0 Å². The molecule has 47 heavy (non-hydrogen) atoms. The monoisotopic (exact) mass is 670 g/mol. The summed E-state index contributed by atoms with van der Waals surface area (Å²) in [7, 11) is -1.79. The van der Waals surface area contributed by atoms with E-state index in [0.29, 0.717) is 22.3 Å². The molecule has 16 heteroatoms. The van der Waals surface area contributed by atoms with Crippen molar-refractivity contribution in [3.05, 3.63) is 76.2 Å². The number of hydrogen-bond acceptors (Lipinski definition) is 11. The van der Waals surface area contributed by atoms with Crippen LogP contribution in [0.1, 0.15) is 11.1 Å². The maximum atomic E-state index is 13.4. The molecule has 5 N–H and O–H groups in total. The van der Waals surface area contributed by atoms with Gasteiger partial charge in [-0.3, -0.25) is 28.9 Å². The molecule has 0 saturated heterocycles. The summed E-state index contributed by atoms with van der Waals surface area (Å²) in [6, 6.07) is 8.96. The third-order valence-electron chi connectivity index (χ3n) is 6.85. The highest BCUT2D eigenvalue weighted by atomic mass is 32.2. The van der Waals surface area contributed by atoms with Crippen LogP contribution in [0.15, 0.2) is 70.0 Å². The second-order valence-electron chi connectivity index (χ2n) is 10.3. The summed E-state index contributed by atoms with van der Waals surface area (Å²) in [5.41, 5.74) is 2.12. The minimum absolute atomic E-state index is 0.00345. The Balaban J connectivity index is 1.67. The van der Waals surface area contributed by atoms with Crippen molar-refractivity contribution < 1.29 is 63.2 Å². The highest BCUT2D eigenvalue weighted by molar-refractivity contribution is 7.89. The van der Waals surface area contributed by atoms with Gasteiger partial charge in [0, 0.05) is 12.6 Å². The Morgan fingerprint density at radius 1 is 0.787 bits per heavy atom. The number of phenolic OH excluding ortho intramolecular Hbond substituents is 1. The average Bonchev–Trinajstić information content (AvgIpc) is 2.98. The molecule has 4 rings (SSSR count). The molecule has 0 spiro atoms. The Kier molecular flexibility index (Phi) is 11.3. The topological polar surface area (TPSA) is 229 Å². The van der Waals surface area contributed by atoms with Gasteiger partial charge in [-0.15, -0.1) is 0 Å². The van der Waals surface area contributed by atoms with Gasteiger partial charge in [0.1, 0.15) is 31.2 Å². The van der Waals surface area contributed by atoms with E-state index < -0.39 is 60.9 Å². The van der Waals surface area contributed by atoms with Crippen LogP contribution in [0.5, 0.6) is 11.5 Å². The summed E-state index contributed by atoms with van der Waals surface area (Å²) in [6.07, 6.45) is 4.10. The summed E-state index contributed by atoms with van der Waals surface area (Å²) >= 11 is 0. The van der Waals surface area contributed by atoms with Crippen molar-refractivity contribution in [3.63, 3.8) is 0 Å². The van der Waals surface area contributed by atoms with Crippen LogP contribution in [-0.4, -0.2) is 117 Å². The smallest absolute Gasteiger partial charge is 0.323 e. The van der Waals surface area contributed by atoms with Crippen molar-refractivity contribution in [2.45, 2.75) is 4.90 Å². The third-order valence-corrected chi connectivity index (χ3v) is 8.33. The first-order chi connectivity index (χ1) is 22.3. The number of anilines is 1. The first-order valence-corrected chi connectivity index (χ1v) is 15.1.